The fourth-order valence-corrected chi connectivity index (χ4v) is 2.91. The molecule has 0 spiro atoms. The summed E-state index contributed by atoms with van der Waals surface area (Å²) in [5.74, 6) is -0.421. The molecular weight excluding hydrogens is 293 g/mol. The highest BCUT2D eigenvalue weighted by Gasteiger charge is 2.23. The van der Waals surface area contributed by atoms with Crippen LogP contribution < -0.4 is 0 Å². The SMILES string of the molecule is O=C(c1ccc(F)cc1)N1CCc2nc3ncccc3cc2C1. The monoisotopic (exact) mass is 307 g/mol. The molecule has 114 valence electrons. The Labute approximate surface area is 132 Å². The number of carbonyl (C=O) groups excluding carboxylic acids is 1. The number of rotatable bonds is 1. The van der Waals surface area contributed by atoms with Crippen LogP contribution in [0.2, 0.25) is 0 Å². The highest BCUT2D eigenvalue weighted by atomic mass is 19.1. The maximum atomic E-state index is 13.0. The van der Waals surface area contributed by atoms with Crippen LogP contribution in [-0.4, -0.2) is 27.3 Å². The molecule has 0 fully saturated rings. The molecule has 23 heavy (non-hydrogen) atoms. The lowest BCUT2D eigenvalue weighted by molar-refractivity contribution is 0.0733. The van der Waals surface area contributed by atoms with E-state index in [0.717, 1.165) is 22.3 Å². The van der Waals surface area contributed by atoms with Gasteiger partial charge in [-0.05, 0) is 48.0 Å². The summed E-state index contributed by atoms with van der Waals surface area (Å²) in [6.07, 6.45) is 2.43. The summed E-state index contributed by atoms with van der Waals surface area (Å²) >= 11 is 0. The first kappa shape index (κ1) is 13.8. The number of fused-ring (bicyclic) bond motifs is 2. The van der Waals surface area contributed by atoms with E-state index in [2.05, 4.69) is 16.0 Å². The van der Waals surface area contributed by atoms with Gasteiger partial charge in [0.15, 0.2) is 5.65 Å². The van der Waals surface area contributed by atoms with Crippen molar-refractivity contribution in [2.75, 3.05) is 6.54 Å². The largest absolute Gasteiger partial charge is 0.334 e. The van der Waals surface area contributed by atoms with Crippen LogP contribution in [0.15, 0.2) is 48.7 Å². The molecular formula is C18H14FN3O. The van der Waals surface area contributed by atoms with Crippen molar-refractivity contribution in [3.05, 3.63) is 71.3 Å². The molecule has 0 atom stereocenters. The van der Waals surface area contributed by atoms with Crippen LogP contribution in [0.3, 0.4) is 0 Å². The van der Waals surface area contributed by atoms with Gasteiger partial charge in [0.2, 0.25) is 0 Å². The maximum absolute atomic E-state index is 13.0. The van der Waals surface area contributed by atoms with Gasteiger partial charge in [-0.2, -0.15) is 0 Å². The molecule has 3 heterocycles. The third kappa shape index (κ3) is 2.54. The summed E-state index contributed by atoms with van der Waals surface area (Å²) in [6, 6.07) is 11.6. The minimum Gasteiger partial charge on any atom is -0.334 e. The number of hydrogen-bond acceptors (Lipinski definition) is 3. The van der Waals surface area contributed by atoms with E-state index in [1.54, 1.807) is 11.1 Å². The molecule has 0 aliphatic carbocycles. The summed E-state index contributed by atoms with van der Waals surface area (Å²) in [5, 5.41) is 0.974. The smallest absolute Gasteiger partial charge is 0.254 e. The molecule has 1 aliphatic heterocycles. The molecule has 5 heteroatoms. The Morgan fingerprint density at radius 3 is 2.83 bits per heavy atom. The van der Waals surface area contributed by atoms with Gasteiger partial charge in [0.1, 0.15) is 5.82 Å². The van der Waals surface area contributed by atoms with Gasteiger partial charge >= 0.3 is 0 Å². The van der Waals surface area contributed by atoms with Crippen LogP contribution in [-0.2, 0) is 13.0 Å². The number of aromatic nitrogens is 2. The number of benzene rings is 1. The molecule has 0 N–H and O–H groups in total. The third-order valence-electron chi connectivity index (χ3n) is 4.12. The van der Waals surface area contributed by atoms with Gasteiger partial charge < -0.3 is 4.90 Å². The molecule has 1 aromatic carbocycles. The molecule has 0 saturated carbocycles. The fourth-order valence-electron chi connectivity index (χ4n) is 2.91. The zero-order chi connectivity index (χ0) is 15.8. The summed E-state index contributed by atoms with van der Waals surface area (Å²) in [7, 11) is 0. The lowest BCUT2D eigenvalue weighted by Crippen LogP contribution is -2.36. The van der Waals surface area contributed by atoms with Crippen molar-refractivity contribution in [1.29, 1.82) is 0 Å². The Bertz CT molecular complexity index is 892. The van der Waals surface area contributed by atoms with E-state index in [0.29, 0.717) is 25.1 Å². The number of hydrogen-bond donors (Lipinski definition) is 0. The number of carbonyl (C=O) groups is 1. The normalized spacial score (nSPS) is 13.9. The van der Waals surface area contributed by atoms with Gasteiger partial charge in [-0.1, -0.05) is 0 Å². The first-order valence-corrected chi connectivity index (χ1v) is 7.49. The van der Waals surface area contributed by atoms with Crippen LogP contribution in [0.5, 0.6) is 0 Å². The predicted molar refractivity (Wildman–Crippen MR) is 84.4 cm³/mol. The third-order valence-corrected chi connectivity index (χ3v) is 4.12. The van der Waals surface area contributed by atoms with E-state index in [9.17, 15) is 9.18 Å². The Morgan fingerprint density at radius 2 is 2.00 bits per heavy atom. The van der Waals surface area contributed by atoms with Crippen LogP contribution in [0.4, 0.5) is 4.39 Å². The number of halogens is 1. The van der Waals surface area contributed by atoms with Crippen LogP contribution in [0, 0.1) is 5.82 Å². The average Bonchev–Trinajstić information content (AvgIpc) is 2.59. The minimum atomic E-state index is -0.339. The van der Waals surface area contributed by atoms with Crippen molar-refractivity contribution in [2.45, 2.75) is 13.0 Å². The molecule has 1 aliphatic rings. The summed E-state index contributed by atoms with van der Waals surface area (Å²) in [4.78, 5) is 23.2. The van der Waals surface area contributed by atoms with E-state index in [1.807, 2.05) is 12.1 Å². The van der Waals surface area contributed by atoms with Crippen LogP contribution >= 0.6 is 0 Å². The molecule has 2 aromatic heterocycles. The van der Waals surface area contributed by atoms with Gasteiger partial charge in [-0.25, -0.2) is 14.4 Å². The second kappa shape index (κ2) is 5.43. The predicted octanol–water partition coefficient (Wildman–Crippen LogP) is 2.97. The minimum absolute atomic E-state index is 0.0815. The highest BCUT2D eigenvalue weighted by Crippen LogP contribution is 2.22. The molecule has 1 amide bonds. The zero-order valence-corrected chi connectivity index (χ0v) is 12.4. The van der Waals surface area contributed by atoms with Gasteiger partial charge in [0.05, 0.1) is 0 Å². The van der Waals surface area contributed by atoms with Gasteiger partial charge in [-0.15, -0.1) is 0 Å². The first-order chi connectivity index (χ1) is 11.2. The lowest BCUT2D eigenvalue weighted by atomic mass is 10.0. The van der Waals surface area contributed by atoms with Crippen LogP contribution in [0.1, 0.15) is 21.6 Å². The van der Waals surface area contributed by atoms with Gasteiger partial charge in [0, 0.05) is 42.4 Å². The summed E-state index contributed by atoms with van der Waals surface area (Å²) < 4.78 is 13.0. The Balaban J connectivity index is 1.64. The Kier molecular flexibility index (Phi) is 3.26. The summed E-state index contributed by atoms with van der Waals surface area (Å²) in [5.41, 5.74) is 3.29. The second-order valence-corrected chi connectivity index (χ2v) is 5.63. The number of amides is 1. The van der Waals surface area contributed by atoms with Crippen molar-refractivity contribution in [1.82, 2.24) is 14.9 Å². The van der Waals surface area contributed by atoms with Gasteiger partial charge in [-0.3, -0.25) is 4.79 Å². The van der Waals surface area contributed by atoms with Crippen molar-refractivity contribution in [3.8, 4) is 0 Å². The summed E-state index contributed by atoms with van der Waals surface area (Å²) in [6.45, 7) is 1.12. The zero-order valence-electron chi connectivity index (χ0n) is 12.4. The second-order valence-electron chi connectivity index (χ2n) is 5.63. The van der Waals surface area contributed by atoms with E-state index < -0.39 is 0 Å². The van der Waals surface area contributed by atoms with E-state index >= 15 is 0 Å². The van der Waals surface area contributed by atoms with Crippen molar-refractivity contribution in [2.24, 2.45) is 0 Å². The molecule has 0 radical (unpaired) electrons. The Hall–Kier alpha value is -2.82. The average molecular weight is 307 g/mol. The highest BCUT2D eigenvalue weighted by molar-refractivity contribution is 5.94. The fraction of sp³-hybridized carbons (Fsp3) is 0.167. The van der Waals surface area contributed by atoms with E-state index in [4.69, 9.17) is 0 Å². The van der Waals surface area contributed by atoms with Crippen molar-refractivity contribution < 1.29 is 9.18 Å². The number of pyridine rings is 2. The van der Waals surface area contributed by atoms with E-state index in [1.165, 1.54) is 24.3 Å². The van der Waals surface area contributed by atoms with Gasteiger partial charge in [0.25, 0.3) is 5.91 Å². The molecule has 3 aromatic rings. The molecule has 0 bridgehead atoms. The molecule has 0 unspecified atom stereocenters. The van der Waals surface area contributed by atoms with E-state index in [-0.39, 0.29) is 11.7 Å². The standard InChI is InChI=1S/C18H14FN3O/c19-15-5-3-12(4-6-15)18(23)22-9-7-16-14(11-22)10-13-2-1-8-20-17(13)21-16/h1-6,8,10H,7,9,11H2. The molecule has 4 nitrogen and oxygen atoms in total. The maximum Gasteiger partial charge on any atom is 0.254 e. The van der Waals surface area contributed by atoms with Crippen molar-refractivity contribution >= 4 is 16.9 Å². The molecule has 4 rings (SSSR count). The lowest BCUT2D eigenvalue weighted by Gasteiger charge is -2.28. The molecule has 0 saturated heterocycles. The van der Waals surface area contributed by atoms with Crippen molar-refractivity contribution in [3.63, 3.8) is 0 Å². The first-order valence-electron chi connectivity index (χ1n) is 7.49. The van der Waals surface area contributed by atoms with Crippen LogP contribution in [0.25, 0.3) is 11.0 Å². The topological polar surface area (TPSA) is 46.1 Å². The Morgan fingerprint density at radius 1 is 1.17 bits per heavy atom. The number of nitrogens with zero attached hydrogens (tertiary/aromatic N) is 3. The quantitative estimate of drug-likeness (QED) is 0.694.